The number of aliphatic imine (C=N–C) groups is 1. The molecule has 3 heterocycles. The van der Waals surface area contributed by atoms with Crippen LogP contribution in [0.25, 0.3) is 0 Å². The Hall–Kier alpha value is -3.47. The van der Waals surface area contributed by atoms with E-state index in [1.54, 1.807) is 32.1 Å². The SMILES string of the molecule is CCOC(=O)C1CCN(C(=O)CC2=CSC3=NC(CC)=C(C(=O)OC)[C@H](c4cc(OC)cc(OC)c4)N23)CC1. The summed E-state index contributed by atoms with van der Waals surface area (Å²) in [5.41, 5.74) is 2.53. The second-order valence-corrected chi connectivity index (χ2v) is 10.2. The molecule has 210 valence electrons. The van der Waals surface area contributed by atoms with Crippen LogP contribution in [0.5, 0.6) is 11.5 Å². The highest BCUT2D eigenvalue weighted by Gasteiger charge is 2.42. The van der Waals surface area contributed by atoms with Gasteiger partial charge in [0.15, 0.2) is 5.17 Å². The molecule has 1 amide bonds. The lowest BCUT2D eigenvalue weighted by Gasteiger charge is -2.37. The minimum Gasteiger partial charge on any atom is -0.497 e. The molecule has 1 aromatic carbocycles. The molecule has 39 heavy (non-hydrogen) atoms. The van der Waals surface area contributed by atoms with Gasteiger partial charge in [0.05, 0.1) is 57.6 Å². The van der Waals surface area contributed by atoms with Gasteiger partial charge in [-0.2, -0.15) is 0 Å². The molecular formula is C28H35N3O7S. The number of benzene rings is 1. The number of carbonyl (C=O) groups is 3. The Kier molecular flexibility index (Phi) is 9.21. The van der Waals surface area contributed by atoms with Crippen LogP contribution in [0.3, 0.4) is 0 Å². The van der Waals surface area contributed by atoms with E-state index in [2.05, 4.69) is 0 Å². The zero-order valence-electron chi connectivity index (χ0n) is 23.0. The van der Waals surface area contributed by atoms with E-state index < -0.39 is 12.0 Å². The third-order valence-corrected chi connectivity index (χ3v) is 8.01. The van der Waals surface area contributed by atoms with E-state index in [-0.39, 0.29) is 24.2 Å². The molecule has 1 atom stereocenters. The summed E-state index contributed by atoms with van der Waals surface area (Å²) in [6, 6.07) is 4.89. The first-order valence-electron chi connectivity index (χ1n) is 13.1. The molecule has 0 aromatic heterocycles. The quantitative estimate of drug-likeness (QED) is 0.416. The van der Waals surface area contributed by atoms with Crippen molar-refractivity contribution in [2.75, 3.05) is 41.0 Å². The molecule has 0 bridgehead atoms. The normalized spacial score (nSPS) is 19.3. The lowest BCUT2D eigenvalue weighted by atomic mass is 9.92. The predicted molar refractivity (Wildman–Crippen MR) is 147 cm³/mol. The van der Waals surface area contributed by atoms with Crippen LogP contribution in [0.1, 0.15) is 51.1 Å². The van der Waals surface area contributed by atoms with Crippen LogP contribution < -0.4 is 9.47 Å². The van der Waals surface area contributed by atoms with Crippen LogP contribution in [-0.4, -0.2) is 73.8 Å². The fraction of sp³-hybridized carbons (Fsp3) is 0.500. The highest BCUT2D eigenvalue weighted by atomic mass is 32.2. The average molecular weight is 558 g/mol. The van der Waals surface area contributed by atoms with Crippen molar-refractivity contribution in [3.63, 3.8) is 0 Å². The molecule has 0 saturated carbocycles. The van der Waals surface area contributed by atoms with Crippen molar-refractivity contribution < 1.29 is 33.3 Å². The van der Waals surface area contributed by atoms with E-state index in [0.717, 1.165) is 11.3 Å². The van der Waals surface area contributed by atoms with Crippen molar-refractivity contribution in [3.8, 4) is 11.5 Å². The molecule has 3 aliphatic heterocycles. The first-order valence-corrected chi connectivity index (χ1v) is 13.9. The van der Waals surface area contributed by atoms with Crippen molar-refractivity contribution in [1.82, 2.24) is 9.80 Å². The van der Waals surface area contributed by atoms with Gasteiger partial charge >= 0.3 is 11.9 Å². The number of thioether (sulfide) groups is 1. The minimum atomic E-state index is -0.590. The zero-order chi connectivity index (χ0) is 28.1. The summed E-state index contributed by atoms with van der Waals surface area (Å²) in [6.45, 7) is 5.08. The third kappa shape index (κ3) is 5.93. The van der Waals surface area contributed by atoms with Gasteiger partial charge in [-0.05, 0) is 49.3 Å². The van der Waals surface area contributed by atoms with Crippen LogP contribution in [0.2, 0.25) is 0 Å². The number of likely N-dealkylation sites (tertiary alicyclic amines) is 1. The Morgan fingerprint density at radius 1 is 1.03 bits per heavy atom. The smallest absolute Gasteiger partial charge is 0.338 e. The molecule has 11 heteroatoms. The number of carbonyl (C=O) groups excluding carboxylic acids is 3. The zero-order valence-corrected chi connectivity index (χ0v) is 23.8. The summed E-state index contributed by atoms with van der Waals surface area (Å²) >= 11 is 1.42. The highest BCUT2D eigenvalue weighted by Crippen LogP contribution is 2.46. The molecule has 1 fully saturated rings. The van der Waals surface area contributed by atoms with Crippen LogP contribution in [0.4, 0.5) is 0 Å². The van der Waals surface area contributed by atoms with E-state index in [1.165, 1.54) is 18.9 Å². The number of hydrogen-bond donors (Lipinski definition) is 0. The number of allylic oxidation sites excluding steroid dienone is 1. The molecule has 0 spiro atoms. The summed E-state index contributed by atoms with van der Waals surface area (Å²) in [5.74, 6) is 0.257. The van der Waals surface area contributed by atoms with Crippen LogP contribution in [-0.2, 0) is 23.9 Å². The van der Waals surface area contributed by atoms with Crippen LogP contribution in [0.15, 0.2) is 45.6 Å². The van der Waals surface area contributed by atoms with Gasteiger partial charge in [-0.25, -0.2) is 9.79 Å². The maximum atomic E-state index is 13.4. The third-order valence-electron chi connectivity index (χ3n) is 7.12. The second-order valence-electron chi connectivity index (χ2n) is 9.33. The summed E-state index contributed by atoms with van der Waals surface area (Å²) in [6.07, 6.45) is 1.82. The van der Waals surface area contributed by atoms with Gasteiger partial charge < -0.3 is 28.7 Å². The van der Waals surface area contributed by atoms with Crippen LogP contribution in [0, 0.1) is 5.92 Å². The lowest BCUT2D eigenvalue weighted by molar-refractivity contribution is -0.151. The number of fused-ring (bicyclic) bond motifs is 1. The van der Waals surface area contributed by atoms with E-state index in [0.29, 0.717) is 66.9 Å². The van der Waals surface area contributed by atoms with Crippen molar-refractivity contribution in [2.24, 2.45) is 10.9 Å². The van der Waals surface area contributed by atoms with Crippen molar-refractivity contribution in [2.45, 2.75) is 45.6 Å². The monoisotopic (exact) mass is 557 g/mol. The Morgan fingerprint density at radius 3 is 2.26 bits per heavy atom. The molecule has 0 radical (unpaired) electrons. The summed E-state index contributed by atoms with van der Waals surface area (Å²) in [4.78, 5) is 47.2. The fourth-order valence-corrected chi connectivity index (χ4v) is 6.04. The number of amidine groups is 1. The maximum absolute atomic E-state index is 13.4. The Bertz CT molecular complexity index is 1200. The molecule has 1 saturated heterocycles. The van der Waals surface area contributed by atoms with E-state index >= 15 is 0 Å². The molecule has 3 aliphatic rings. The summed E-state index contributed by atoms with van der Waals surface area (Å²) in [7, 11) is 4.49. The van der Waals surface area contributed by atoms with Gasteiger partial charge in [-0.1, -0.05) is 18.7 Å². The maximum Gasteiger partial charge on any atom is 0.338 e. The van der Waals surface area contributed by atoms with Crippen molar-refractivity contribution in [1.29, 1.82) is 0 Å². The van der Waals surface area contributed by atoms with Gasteiger partial charge in [-0.15, -0.1) is 0 Å². The topological polar surface area (TPSA) is 107 Å². The first-order chi connectivity index (χ1) is 18.8. The molecule has 1 aromatic rings. The molecule has 0 N–H and O–H groups in total. The number of hydrogen-bond acceptors (Lipinski definition) is 10. The first kappa shape index (κ1) is 28.5. The van der Waals surface area contributed by atoms with E-state index in [1.807, 2.05) is 29.4 Å². The number of rotatable bonds is 9. The van der Waals surface area contributed by atoms with Gasteiger partial charge in [-0.3, -0.25) is 9.59 Å². The summed E-state index contributed by atoms with van der Waals surface area (Å²) < 4.78 is 21.4. The number of piperidine rings is 1. The Morgan fingerprint density at radius 2 is 1.69 bits per heavy atom. The number of esters is 2. The van der Waals surface area contributed by atoms with Crippen LogP contribution >= 0.6 is 11.8 Å². The molecule has 10 nitrogen and oxygen atoms in total. The number of nitrogens with zero attached hydrogens (tertiary/aromatic N) is 3. The standard InChI is InChI=1S/C28H35N3O7S/c1-6-22-24(27(34)37-5)25(18-12-20(35-3)15-21(13-18)36-4)31-19(16-39-28(31)29-22)14-23(32)30-10-8-17(9-11-30)26(33)38-7-2/h12-13,15-17,25H,6-11,14H2,1-5H3/t25-/m0/s1. The number of amides is 1. The van der Waals surface area contributed by atoms with Gasteiger partial charge in [0.25, 0.3) is 0 Å². The highest BCUT2D eigenvalue weighted by molar-refractivity contribution is 8.16. The second kappa shape index (κ2) is 12.6. The minimum absolute atomic E-state index is 0.0442. The number of methoxy groups -OCH3 is 3. The molecule has 0 aliphatic carbocycles. The molecule has 4 rings (SSSR count). The Balaban J connectivity index is 1.63. The number of ether oxygens (including phenoxy) is 4. The van der Waals surface area contributed by atoms with E-state index in [9.17, 15) is 14.4 Å². The summed E-state index contributed by atoms with van der Waals surface area (Å²) in [5, 5.41) is 2.61. The fourth-order valence-electron chi connectivity index (χ4n) is 5.11. The van der Waals surface area contributed by atoms with Gasteiger partial charge in [0, 0.05) is 24.9 Å². The predicted octanol–water partition coefficient (Wildman–Crippen LogP) is 4.03. The largest absolute Gasteiger partial charge is 0.497 e. The lowest BCUT2D eigenvalue weighted by Crippen LogP contribution is -2.42. The van der Waals surface area contributed by atoms with Crippen molar-refractivity contribution >= 4 is 34.8 Å². The van der Waals surface area contributed by atoms with Gasteiger partial charge in [0.2, 0.25) is 5.91 Å². The van der Waals surface area contributed by atoms with E-state index in [4.69, 9.17) is 23.9 Å². The molecule has 0 unspecified atom stereocenters. The molecular weight excluding hydrogens is 522 g/mol. The van der Waals surface area contributed by atoms with Gasteiger partial charge in [0.1, 0.15) is 11.5 Å². The van der Waals surface area contributed by atoms with Crippen molar-refractivity contribution in [3.05, 3.63) is 46.1 Å². The Labute approximate surface area is 233 Å². The average Bonchev–Trinajstić information content (AvgIpc) is 3.37.